The summed E-state index contributed by atoms with van der Waals surface area (Å²) in [5.74, 6) is 0.430. The van der Waals surface area contributed by atoms with Gasteiger partial charge < -0.3 is 19.6 Å². The summed E-state index contributed by atoms with van der Waals surface area (Å²) in [6, 6.07) is 21.7. The van der Waals surface area contributed by atoms with Crippen LogP contribution in [0.25, 0.3) is 11.0 Å². The first-order chi connectivity index (χ1) is 15.5. The number of aryl methyl sites for hydroxylation is 1. The van der Waals surface area contributed by atoms with E-state index in [2.05, 4.69) is 10.3 Å². The Morgan fingerprint density at radius 1 is 1.00 bits per heavy atom. The highest BCUT2D eigenvalue weighted by Crippen LogP contribution is 2.25. The first-order valence-electron chi connectivity index (χ1n) is 10.3. The minimum atomic E-state index is -0.711. The van der Waals surface area contributed by atoms with Crippen LogP contribution in [0, 0.1) is 0 Å². The van der Waals surface area contributed by atoms with Gasteiger partial charge in [-0.15, -0.1) is 0 Å². The molecule has 3 aromatic carbocycles. The summed E-state index contributed by atoms with van der Waals surface area (Å²) >= 11 is 0. The predicted octanol–water partition coefficient (Wildman–Crippen LogP) is 3.24. The molecule has 0 aliphatic heterocycles. The molecule has 1 amide bonds. The number of hydrogen-bond acceptors (Lipinski definition) is 4. The van der Waals surface area contributed by atoms with Crippen LogP contribution < -0.4 is 21.2 Å². The molecular formula is C25H23N3O4. The molecule has 2 N–H and O–H groups in total. The normalized spacial score (nSPS) is 11.8. The molecule has 0 radical (unpaired) electrons. The summed E-state index contributed by atoms with van der Waals surface area (Å²) in [6.45, 7) is 2.15. The van der Waals surface area contributed by atoms with Crippen molar-refractivity contribution in [1.29, 1.82) is 0 Å². The second kappa shape index (κ2) is 8.93. The van der Waals surface area contributed by atoms with Gasteiger partial charge in [-0.1, -0.05) is 42.5 Å². The predicted molar refractivity (Wildman–Crippen MR) is 123 cm³/mol. The highest BCUT2D eigenvalue weighted by Gasteiger charge is 2.19. The lowest BCUT2D eigenvalue weighted by atomic mass is 9.98. The van der Waals surface area contributed by atoms with Gasteiger partial charge in [0, 0.05) is 12.1 Å². The number of rotatable bonds is 6. The molecule has 4 rings (SSSR count). The fourth-order valence-corrected chi connectivity index (χ4v) is 3.75. The number of hydrogen-bond donors (Lipinski definition) is 2. The van der Waals surface area contributed by atoms with Crippen LogP contribution in [0.5, 0.6) is 5.75 Å². The Bertz CT molecular complexity index is 1370. The number of nitrogens with zero attached hydrogens (tertiary/aromatic N) is 1. The van der Waals surface area contributed by atoms with Gasteiger partial charge in [0.25, 0.3) is 5.91 Å². The molecule has 4 aromatic rings. The highest BCUT2D eigenvalue weighted by molar-refractivity contribution is 5.97. The van der Waals surface area contributed by atoms with Crippen molar-refractivity contribution in [2.45, 2.75) is 19.5 Å². The zero-order valence-corrected chi connectivity index (χ0v) is 17.8. The maximum absolute atomic E-state index is 13.2. The van der Waals surface area contributed by atoms with Gasteiger partial charge in [0.1, 0.15) is 5.75 Å². The molecule has 0 bridgehead atoms. The van der Waals surface area contributed by atoms with Gasteiger partial charge >= 0.3 is 11.1 Å². The summed E-state index contributed by atoms with van der Waals surface area (Å²) in [5.41, 5.74) is 1.90. The van der Waals surface area contributed by atoms with Crippen LogP contribution in [0.3, 0.4) is 0 Å². The molecule has 0 spiro atoms. The van der Waals surface area contributed by atoms with E-state index < -0.39 is 11.1 Å². The second-order valence-electron chi connectivity index (χ2n) is 7.33. The molecule has 0 aliphatic rings. The maximum Gasteiger partial charge on any atom is 0.316 e. The Labute approximate surface area is 184 Å². The molecule has 32 heavy (non-hydrogen) atoms. The Balaban J connectivity index is 1.71. The zero-order valence-electron chi connectivity index (χ0n) is 17.8. The first-order valence-corrected chi connectivity index (χ1v) is 10.3. The van der Waals surface area contributed by atoms with Crippen molar-refractivity contribution in [3.05, 3.63) is 110 Å². The number of carbonyl (C=O) groups is 1. The SMILES string of the molecule is CCn1c(=O)c(=O)[nH]c2cc(C(=O)N[C@H](c3ccccc3)c3ccc(OC)cc3)ccc21. The molecular weight excluding hydrogens is 406 g/mol. The van der Waals surface area contributed by atoms with Crippen molar-refractivity contribution in [2.75, 3.05) is 7.11 Å². The lowest BCUT2D eigenvalue weighted by molar-refractivity contribution is 0.0943. The van der Waals surface area contributed by atoms with Crippen LogP contribution in [0.15, 0.2) is 82.4 Å². The number of ether oxygens (including phenoxy) is 1. The Morgan fingerprint density at radius 3 is 2.34 bits per heavy atom. The molecule has 0 fully saturated rings. The molecule has 1 atom stereocenters. The van der Waals surface area contributed by atoms with Crippen molar-refractivity contribution >= 4 is 16.9 Å². The van der Waals surface area contributed by atoms with E-state index in [1.165, 1.54) is 4.57 Å². The number of aromatic nitrogens is 2. The number of methoxy groups -OCH3 is 1. The Hall–Kier alpha value is -4.13. The summed E-state index contributed by atoms with van der Waals surface area (Å²) in [5, 5.41) is 3.08. The fourth-order valence-electron chi connectivity index (χ4n) is 3.75. The van der Waals surface area contributed by atoms with Gasteiger partial charge in [-0.05, 0) is 48.4 Å². The van der Waals surface area contributed by atoms with E-state index in [1.54, 1.807) is 32.2 Å². The molecule has 7 heteroatoms. The number of H-pyrrole nitrogens is 1. The lowest BCUT2D eigenvalue weighted by Crippen LogP contribution is -2.36. The van der Waals surface area contributed by atoms with Crippen molar-refractivity contribution in [3.8, 4) is 5.75 Å². The third kappa shape index (κ3) is 4.05. The summed E-state index contributed by atoms with van der Waals surface area (Å²) < 4.78 is 6.63. The van der Waals surface area contributed by atoms with E-state index in [0.29, 0.717) is 23.1 Å². The van der Waals surface area contributed by atoms with Gasteiger partial charge in [0.15, 0.2) is 0 Å². The maximum atomic E-state index is 13.2. The number of amides is 1. The van der Waals surface area contributed by atoms with Crippen molar-refractivity contribution in [1.82, 2.24) is 14.9 Å². The van der Waals surface area contributed by atoms with E-state index in [-0.39, 0.29) is 11.9 Å². The van der Waals surface area contributed by atoms with Crippen LogP contribution >= 0.6 is 0 Å². The van der Waals surface area contributed by atoms with E-state index in [9.17, 15) is 14.4 Å². The van der Waals surface area contributed by atoms with Crippen LogP contribution in [-0.4, -0.2) is 22.6 Å². The Kier molecular flexibility index (Phi) is 5.89. The van der Waals surface area contributed by atoms with Gasteiger partial charge in [-0.3, -0.25) is 14.4 Å². The van der Waals surface area contributed by atoms with Gasteiger partial charge in [-0.25, -0.2) is 0 Å². The number of fused-ring (bicyclic) bond motifs is 1. The summed E-state index contributed by atoms with van der Waals surface area (Å²) in [7, 11) is 1.60. The van der Waals surface area contributed by atoms with E-state index in [0.717, 1.165) is 16.9 Å². The topological polar surface area (TPSA) is 93.2 Å². The lowest BCUT2D eigenvalue weighted by Gasteiger charge is -2.20. The van der Waals surface area contributed by atoms with E-state index in [1.807, 2.05) is 54.6 Å². The van der Waals surface area contributed by atoms with Gasteiger partial charge in [0.05, 0.1) is 24.2 Å². The number of aromatic amines is 1. The van der Waals surface area contributed by atoms with Crippen LogP contribution in [0.1, 0.15) is 34.5 Å². The average molecular weight is 429 g/mol. The van der Waals surface area contributed by atoms with Gasteiger partial charge in [-0.2, -0.15) is 0 Å². The van der Waals surface area contributed by atoms with Crippen LogP contribution in [-0.2, 0) is 6.54 Å². The molecule has 0 aliphatic carbocycles. The van der Waals surface area contributed by atoms with Crippen molar-refractivity contribution in [3.63, 3.8) is 0 Å². The average Bonchev–Trinajstić information content (AvgIpc) is 2.83. The molecule has 162 valence electrons. The van der Waals surface area contributed by atoms with Crippen molar-refractivity contribution in [2.24, 2.45) is 0 Å². The largest absolute Gasteiger partial charge is 0.497 e. The number of nitrogens with one attached hydrogen (secondary N) is 2. The minimum Gasteiger partial charge on any atom is -0.497 e. The summed E-state index contributed by atoms with van der Waals surface area (Å²) in [6.07, 6.45) is 0. The summed E-state index contributed by atoms with van der Waals surface area (Å²) in [4.78, 5) is 39.8. The van der Waals surface area contributed by atoms with E-state index in [4.69, 9.17) is 4.74 Å². The van der Waals surface area contributed by atoms with E-state index >= 15 is 0 Å². The van der Waals surface area contributed by atoms with Crippen LogP contribution in [0.4, 0.5) is 0 Å². The molecule has 1 aromatic heterocycles. The quantitative estimate of drug-likeness (QED) is 0.460. The smallest absolute Gasteiger partial charge is 0.316 e. The molecule has 0 saturated carbocycles. The first kappa shape index (κ1) is 21.1. The highest BCUT2D eigenvalue weighted by atomic mass is 16.5. The zero-order chi connectivity index (χ0) is 22.7. The molecule has 0 saturated heterocycles. The monoisotopic (exact) mass is 429 g/mol. The number of benzene rings is 3. The minimum absolute atomic E-state index is 0.299. The molecule has 0 unspecified atom stereocenters. The fraction of sp³-hybridized carbons (Fsp3) is 0.160. The molecule has 7 nitrogen and oxygen atoms in total. The number of carbonyl (C=O) groups excluding carboxylic acids is 1. The van der Waals surface area contributed by atoms with Crippen molar-refractivity contribution < 1.29 is 9.53 Å². The van der Waals surface area contributed by atoms with Gasteiger partial charge in [0.2, 0.25) is 0 Å². The van der Waals surface area contributed by atoms with Crippen LogP contribution in [0.2, 0.25) is 0 Å². The third-order valence-corrected chi connectivity index (χ3v) is 5.41. The standard InChI is InChI=1S/C25H23N3O4/c1-3-28-21-14-11-18(15-20(21)26-24(30)25(28)31)23(29)27-22(16-7-5-4-6-8-16)17-9-12-19(32-2)13-10-17/h4-15,22H,3H2,1-2H3,(H,26,30)(H,27,29)/t22-/m1/s1. The third-order valence-electron chi connectivity index (χ3n) is 5.41. The Morgan fingerprint density at radius 2 is 1.69 bits per heavy atom. The molecule has 1 heterocycles. The second-order valence-corrected chi connectivity index (χ2v) is 7.33.